The Hall–Kier alpha value is -0.350. The summed E-state index contributed by atoms with van der Waals surface area (Å²) in [7, 11) is 3.65. The smallest absolute Gasteiger partial charge is 0.241 e. The average Bonchev–Trinajstić information content (AvgIpc) is 2.40. The molecule has 1 heterocycles. The lowest BCUT2D eigenvalue weighted by molar-refractivity contribution is -0.670. The Morgan fingerprint density at radius 2 is 2.09 bits per heavy atom. The van der Waals surface area contributed by atoms with E-state index in [0.717, 1.165) is 6.61 Å². The highest BCUT2D eigenvalue weighted by molar-refractivity contribution is 4.54. The van der Waals surface area contributed by atoms with Crippen molar-refractivity contribution in [3.8, 4) is 0 Å². The first-order valence-corrected chi connectivity index (χ1v) is 3.28. The van der Waals surface area contributed by atoms with Crippen LogP contribution < -0.4 is 21.5 Å². The molecule has 1 aromatic heterocycles. The van der Waals surface area contributed by atoms with Crippen molar-refractivity contribution in [2.45, 2.75) is 6.92 Å². The van der Waals surface area contributed by atoms with Crippen LogP contribution in [-0.2, 0) is 11.8 Å². The molecule has 0 spiro atoms. The molecule has 11 heavy (non-hydrogen) atoms. The van der Waals surface area contributed by atoms with Gasteiger partial charge < -0.3 is 21.7 Å². The highest BCUT2D eigenvalue weighted by atomic mass is 79.9. The van der Waals surface area contributed by atoms with E-state index in [9.17, 15) is 0 Å². The van der Waals surface area contributed by atoms with Gasteiger partial charge in [0.2, 0.25) is 6.33 Å². The third-order valence-corrected chi connectivity index (χ3v) is 0.973. The Bertz CT molecular complexity index is 140. The lowest BCUT2D eigenvalue weighted by Crippen LogP contribution is -3.00. The predicted octanol–water partition coefficient (Wildman–Crippen LogP) is -2.50. The van der Waals surface area contributed by atoms with Crippen molar-refractivity contribution in [2.75, 3.05) is 13.7 Å². The molecule has 0 amide bonds. The van der Waals surface area contributed by atoms with Crippen LogP contribution in [0.15, 0.2) is 18.7 Å². The van der Waals surface area contributed by atoms with Gasteiger partial charge in [-0.05, 0) is 6.92 Å². The lowest BCUT2D eigenvalue weighted by atomic mass is 10.9. The number of hydrogen-bond acceptors (Lipinski definition) is 1. The van der Waals surface area contributed by atoms with E-state index in [1.54, 1.807) is 7.11 Å². The molecule has 0 radical (unpaired) electrons. The van der Waals surface area contributed by atoms with Gasteiger partial charge in [0.05, 0.1) is 7.05 Å². The van der Waals surface area contributed by atoms with Crippen LogP contribution in [0.4, 0.5) is 0 Å². The number of nitrogens with zero attached hydrogens (tertiary/aromatic N) is 1. The summed E-state index contributed by atoms with van der Waals surface area (Å²) in [5.41, 5.74) is 0. The van der Waals surface area contributed by atoms with Crippen LogP contribution in [0.5, 0.6) is 0 Å². The first-order chi connectivity index (χ1) is 4.81. The van der Waals surface area contributed by atoms with Crippen molar-refractivity contribution < 1.29 is 26.3 Å². The highest BCUT2D eigenvalue weighted by Crippen LogP contribution is 1.59. The third-order valence-electron chi connectivity index (χ3n) is 0.973. The highest BCUT2D eigenvalue weighted by Gasteiger charge is 1.78. The fourth-order valence-corrected chi connectivity index (χ4v) is 0.364. The minimum Gasteiger partial charge on any atom is -1.00 e. The standard InChI is InChI=1S/C4H6N2.C3H8O.BrH/c1-6-3-2-5-4-6;1-3-4-2;/h2-4H,1H3;3H2,1-2H3;1H. The summed E-state index contributed by atoms with van der Waals surface area (Å²) < 4.78 is 6.49. The van der Waals surface area contributed by atoms with Gasteiger partial charge in [-0.25, -0.2) is 4.57 Å². The number of methoxy groups -OCH3 is 1. The first-order valence-electron chi connectivity index (χ1n) is 3.28. The summed E-state index contributed by atoms with van der Waals surface area (Å²) in [5.74, 6) is 0. The second-order valence-corrected chi connectivity index (χ2v) is 1.85. The number of halogens is 1. The van der Waals surface area contributed by atoms with Gasteiger partial charge in [0.15, 0.2) is 0 Å². The number of ether oxygens (including phenoxy) is 1. The normalized spacial score (nSPS) is 7.55. The fourth-order valence-electron chi connectivity index (χ4n) is 0.364. The van der Waals surface area contributed by atoms with Crippen LogP contribution in [-0.4, -0.2) is 18.7 Å². The quantitative estimate of drug-likeness (QED) is 0.524. The van der Waals surface area contributed by atoms with Crippen LogP contribution in [0.2, 0.25) is 0 Å². The van der Waals surface area contributed by atoms with E-state index in [-0.39, 0.29) is 17.0 Å². The van der Waals surface area contributed by atoms with E-state index >= 15 is 0 Å². The number of aromatic nitrogens is 2. The summed E-state index contributed by atoms with van der Waals surface area (Å²) in [4.78, 5) is 2.89. The van der Waals surface area contributed by atoms with E-state index < -0.39 is 0 Å². The molecule has 0 fully saturated rings. The van der Waals surface area contributed by atoms with Crippen molar-refractivity contribution in [3.05, 3.63) is 18.7 Å². The maximum atomic E-state index is 4.54. The van der Waals surface area contributed by atoms with Crippen LogP contribution in [0.1, 0.15) is 6.92 Å². The van der Waals surface area contributed by atoms with Crippen LogP contribution >= 0.6 is 0 Å². The maximum Gasteiger partial charge on any atom is 0.241 e. The Balaban J connectivity index is 0. The second-order valence-electron chi connectivity index (χ2n) is 1.85. The number of nitrogens with one attached hydrogen (secondary N) is 1. The second kappa shape index (κ2) is 9.65. The topological polar surface area (TPSA) is 28.9 Å². The van der Waals surface area contributed by atoms with E-state index in [2.05, 4.69) is 9.72 Å². The van der Waals surface area contributed by atoms with Crippen LogP contribution in [0, 0.1) is 0 Å². The predicted molar refractivity (Wildman–Crippen MR) is 39.5 cm³/mol. The monoisotopic (exact) mass is 222 g/mol. The Labute approximate surface area is 78.2 Å². The molecular weight excluding hydrogens is 208 g/mol. The first kappa shape index (κ1) is 13.3. The van der Waals surface area contributed by atoms with E-state index in [4.69, 9.17) is 0 Å². The zero-order valence-corrected chi connectivity index (χ0v) is 8.76. The molecule has 1 aromatic rings. The van der Waals surface area contributed by atoms with Crippen molar-refractivity contribution in [1.82, 2.24) is 4.98 Å². The molecule has 1 rings (SSSR count). The van der Waals surface area contributed by atoms with E-state index in [0.29, 0.717) is 0 Å². The lowest BCUT2D eigenvalue weighted by Gasteiger charge is -1.76. The van der Waals surface area contributed by atoms with Gasteiger partial charge in [-0.2, -0.15) is 0 Å². The molecular formula is C7H15BrN2O. The van der Waals surface area contributed by atoms with Crippen molar-refractivity contribution >= 4 is 0 Å². The van der Waals surface area contributed by atoms with E-state index in [1.807, 2.05) is 37.3 Å². The number of hydrogen-bond donors (Lipinski definition) is 1. The van der Waals surface area contributed by atoms with Crippen molar-refractivity contribution in [2.24, 2.45) is 7.05 Å². The summed E-state index contributed by atoms with van der Waals surface area (Å²) in [5, 5.41) is 0. The van der Waals surface area contributed by atoms with Gasteiger partial charge in [-0.1, -0.05) is 0 Å². The molecule has 0 bridgehead atoms. The molecule has 0 saturated heterocycles. The van der Waals surface area contributed by atoms with Gasteiger partial charge >= 0.3 is 0 Å². The molecule has 3 nitrogen and oxygen atoms in total. The SMILES string of the molecule is CCOC.C[n+]1cc[nH]c1.[Br-]. The molecule has 4 heteroatoms. The average molecular weight is 223 g/mol. The Kier molecular flexibility index (Phi) is 11.6. The van der Waals surface area contributed by atoms with Crippen molar-refractivity contribution in [3.63, 3.8) is 0 Å². The van der Waals surface area contributed by atoms with Crippen LogP contribution in [0.3, 0.4) is 0 Å². The zero-order chi connectivity index (χ0) is 7.82. The largest absolute Gasteiger partial charge is 1.00 e. The number of H-pyrrole nitrogens is 1. The van der Waals surface area contributed by atoms with Crippen LogP contribution in [0.25, 0.3) is 0 Å². The Morgan fingerprint density at radius 1 is 1.55 bits per heavy atom. The third kappa shape index (κ3) is 9.65. The number of rotatable bonds is 1. The van der Waals surface area contributed by atoms with Gasteiger partial charge in [-0.3, -0.25) is 4.98 Å². The molecule has 0 aromatic carbocycles. The number of aryl methyl sites for hydroxylation is 1. The van der Waals surface area contributed by atoms with Crippen molar-refractivity contribution in [1.29, 1.82) is 0 Å². The fraction of sp³-hybridized carbons (Fsp3) is 0.571. The number of imidazole rings is 1. The summed E-state index contributed by atoms with van der Waals surface area (Å²) >= 11 is 0. The summed E-state index contributed by atoms with van der Waals surface area (Å²) in [6.45, 7) is 2.78. The molecule has 66 valence electrons. The molecule has 0 unspecified atom stereocenters. The maximum absolute atomic E-state index is 4.54. The van der Waals surface area contributed by atoms with E-state index in [1.165, 1.54) is 0 Å². The Morgan fingerprint density at radius 3 is 2.18 bits per heavy atom. The molecule has 1 N–H and O–H groups in total. The summed E-state index contributed by atoms with van der Waals surface area (Å²) in [6, 6.07) is 0. The molecule has 0 aliphatic rings. The van der Waals surface area contributed by atoms with Gasteiger partial charge in [0.25, 0.3) is 0 Å². The summed E-state index contributed by atoms with van der Waals surface area (Å²) in [6.07, 6.45) is 5.69. The van der Waals surface area contributed by atoms with Gasteiger partial charge in [0.1, 0.15) is 12.4 Å². The number of aromatic amines is 1. The minimum atomic E-state index is 0. The molecule has 0 saturated carbocycles. The molecule has 0 atom stereocenters. The molecule has 0 aliphatic carbocycles. The zero-order valence-electron chi connectivity index (χ0n) is 7.17. The van der Waals surface area contributed by atoms with Gasteiger partial charge in [-0.15, -0.1) is 0 Å². The van der Waals surface area contributed by atoms with Gasteiger partial charge in [0, 0.05) is 13.7 Å². The minimum absolute atomic E-state index is 0. The molecule has 0 aliphatic heterocycles.